The number of pyridine rings is 2. The lowest BCUT2D eigenvalue weighted by atomic mass is 10.0. The Morgan fingerprint density at radius 1 is 1.28 bits per heavy atom. The molecule has 1 aliphatic rings. The molecular weight excluding hydrogens is 334 g/mol. The predicted molar refractivity (Wildman–Crippen MR) is 85.5 cm³/mol. The topological polar surface area (TPSA) is 55.3 Å². The molecule has 3 heterocycles. The molecule has 128 valence electrons. The van der Waals surface area contributed by atoms with Crippen molar-refractivity contribution in [3.05, 3.63) is 41.7 Å². The van der Waals surface area contributed by atoms with Gasteiger partial charge in [-0.2, -0.15) is 13.2 Å². The summed E-state index contributed by atoms with van der Waals surface area (Å²) < 4.78 is 43.2. The van der Waals surface area contributed by atoms with Crippen LogP contribution in [0.5, 0.6) is 5.88 Å². The smallest absolute Gasteiger partial charge is 0.417 e. The largest absolute Gasteiger partial charge is 0.472 e. The molecule has 25 heavy (non-hydrogen) atoms. The zero-order chi connectivity index (χ0) is 18.0. The molecule has 1 fully saturated rings. The second-order valence-electron chi connectivity index (χ2n) is 5.62. The molecule has 0 bridgehead atoms. The molecule has 2 radical (unpaired) electrons. The number of aldehydes is 1. The van der Waals surface area contributed by atoms with E-state index in [1.165, 1.54) is 6.07 Å². The Kier molecular flexibility index (Phi) is 4.65. The van der Waals surface area contributed by atoms with Crippen molar-refractivity contribution in [2.45, 2.75) is 18.7 Å². The Balaban J connectivity index is 1.66. The normalized spacial score (nSPS) is 17.6. The molecule has 9 heteroatoms. The predicted octanol–water partition coefficient (Wildman–Crippen LogP) is 1.76. The molecule has 0 saturated carbocycles. The van der Waals surface area contributed by atoms with Crippen molar-refractivity contribution in [1.29, 1.82) is 0 Å². The van der Waals surface area contributed by atoms with Crippen LogP contribution < -0.4 is 15.2 Å². The second-order valence-corrected chi connectivity index (χ2v) is 5.62. The Morgan fingerprint density at radius 2 is 2.08 bits per heavy atom. The summed E-state index contributed by atoms with van der Waals surface area (Å²) in [5.74, 6) is 0.130. The van der Waals surface area contributed by atoms with Crippen LogP contribution in [0.3, 0.4) is 0 Å². The van der Waals surface area contributed by atoms with E-state index >= 15 is 0 Å². The average molecular weight is 347 g/mol. The molecule has 0 aliphatic carbocycles. The number of anilines is 1. The third-order valence-corrected chi connectivity index (χ3v) is 3.87. The molecule has 2 aromatic rings. The van der Waals surface area contributed by atoms with Gasteiger partial charge in [0.25, 0.3) is 0 Å². The number of hydrogen-bond donors (Lipinski definition) is 0. The summed E-state index contributed by atoms with van der Waals surface area (Å²) in [6, 6.07) is 5.45. The molecule has 1 saturated heterocycles. The maximum Gasteiger partial charge on any atom is 0.417 e. The van der Waals surface area contributed by atoms with Gasteiger partial charge < -0.3 is 9.64 Å². The summed E-state index contributed by atoms with van der Waals surface area (Å²) >= 11 is 0. The van der Waals surface area contributed by atoms with Crippen LogP contribution in [-0.4, -0.2) is 43.3 Å². The zero-order valence-corrected chi connectivity index (χ0v) is 13.0. The quantitative estimate of drug-likeness (QED) is 0.623. The van der Waals surface area contributed by atoms with Gasteiger partial charge in [0.15, 0.2) is 6.29 Å². The lowest BCUT2D eigenvalue weighted by molar-refractivity contribution is -0.137. The Morgan fingerprint density at radius 3 is 2.72 bits per heavy atom. The number of alkyl halides is 3. The number of ether oxygens (including phenoxy) is 1. The molecule has 0 amide bonds. The highest BCUT2D eigenvalue weighted by atomic mass is 19.4. The van der Waals surface area contributed by atoms with Crippen molar-refractivity contribution in [3.8, 4) is 5.88 Å². The average Bonchev–Trinajstić information content (AvgIpc) is 3.02. The molecule has 0 spiro atoms. The number of rotatable bonds is 4. The van der Waals surface area contributed by atoms with E-state index in [1.54, 1.807) is 12.1 Å². The molecule has 5 nitrogen and oxygen atoms in total. The summed E-state index contributed by atoms with van der Waals surface area (Å²) in [6.45, 7) is 1.09. The fraction of sp³-hybridized carbons (Fsp3) is 0.312. The van der Waals surface area contributed by atoms with E-state index in [9.17, 15) is 18.0 Å². The maximum absolute atomic E-state index is 12.5. The Bertz CT molecular complexity index is 768. The highest BCUT2D eigenvalue weighted by molar-refractivity contribution is 6.30. The Labute approximate surface area is 143 Å². The van der Waals surface area contributed by atoms with Crippen molar-refractivity contribution in [2.75, 3.05) is 18.0 Å². The summed E-state index contributed by atoms with van der Waals surface area (Å²) in [4.78, 5) is 20.8. The van der Waals surface area contributed by atoms with Gasteiger partial charge in [-0.3, -0.25) is 9.78 Å². The summed E-state index contributed by atoms with van der Waals surface area (Å²) in [6.07, 6.45) is -2.65. The van der Waals surface area contributed by atoms with E-state index < -0.39 is 11.7 Å². The first-order valence-electron chi connectivity index (χ1n) is 7.53. The third kappa shape index (κ3) is 3.92. The minimum Gasteiger partial charge on any atom is -0.472 e. The number of aromatic nitrogens is 2. The number of nitrogens with zero attached hydrogens (tertiary/aromatic N) is 3. The van der Waals surface area contributed by atoms with Crippen molar-refractivity contribution in [1.82, 2.24) is 9.97 Å². The molecule has 0 aromatic carbocycles. The van der Waals surface area contributed by atoms with Crippen LogP contribution >= 0.6 is 0 Å². The van der Waals surface area contributed by atoms with Gasteiger partial charge in [0, 0.05) is 25.2 Å². The zero-order valence-electron chi connectivity index (χ0n) is 13.0. The van der Waals surface area contributed by atoms with Gasteiger partial charge in [0.05, 0.1) is 17.8 Å². The van der Waals surface area contributed by atoms with Crippen LogP contribution in [0.1, 0.15) is 22.5 Å². The minimum atomic E-state index is -4.43. The highest BCUT2D eigenvalue weighted by Crippen LogP contribution is 2.30. The molecule has 2 aromatic heterocycles. The summed E-state index contributed by atoms with van der Waals surface area (Å²) in [5.41, 5.74) is 0.326. The fourth-order valence-electron chi connectivity index (χ4n) is 2.67. The van der Waals surface area contributed by atoms with Gasteiger partial charge in [-0.05, 0) is 23.8 Å². The van der Waals surface area contributed by atoms with Crippen molar-refractivity contribution in [3.63, 3.8) is 0 Å². The maximum atomic E-state index is 12.5. The van der Waals surface area contributed by atoms with Crippen LogP contribution in [0.15, 0.2) is 30.5 Å². The lowest BCUT2D eigenvalue weighted by Gasteiger charge is -2.20. The standard InChI is InChI=1S/C16H13BF3N3O2/c17-14-3-2-13(12(9-24)22-14)23-6-5-11(8-23)25-15-4-1-10(7-21-15)16(18,19)20/h1-4,7,9,11H,5-6,8H2. The van der Waals surface area contributed by atoms with E-state index in [2.05, 4.69) is 9.97 Å². The van der Waals surface area contributed by atoms with Gasteiger partial charge in [0.2, 0.25) is 5.88 Å². The number of hydrogen-bond acceptors (Lipinski definition) is 5. The SMILES string of the molecule is [B]c1ccc(N2CCC(Oc3ccc(C(F)(F)F)cn3)C2)c(C=O)n1. The van der Waals surface area contributed by atoms with Gasteiger partial charge in [0.1, 0.15) is 19.6 Å². The minimum absolute atomic E-state index is 0.130. The highest BCUT2D eigenvalue weighted by Gasteiger charge is 2.31. The monoisotopic (exact) mass is 347 g/mol. The first kappa shape index (κ1) is 17.3. The third-order valence-electron chi connectivity index (χ3n) is 3.87. The van der Waals surface area contributed by atoms with Gasteiger partial charge in [-0.25, -0.2) is 4.98 Å². The van der Waals surface area contributed by atoms with Crippen LogP contribution in [0.25, 0.3) is 0 Å². The number of carbonyl (C=O) groups is 1. The number of carbonyl (C=O) groups excluding carboxylic acids is 1. The fourth-order valence-corrected chi connectivity index (χ4v) is 2.67. The number of halogens is 3. The van der Waals surface area contributed by atoms with E-state index in [-0.39, 0.29) is 23.3 Å². The molecule has 1 unspecified atom stereocenters. The van der Waals surface area contributed by atoms with Crippen LogP contribution in [0.2, 0.25) is 0 Å². The second kappa shape index (κ2) is 6.74. The van der Waals surface area contributed by atoms with Gasteiger partial charge >= 0.3 is 6.18 Å². The summed E-state index contributed by atoms with van der Waals surface area (Å²) in [5, 5.41) is 0. The molecular formula is C16H13BF3N3O2. The summed E-state index contributed by atoms with van der Waals surface area (Å²) in [7, 11) is 5.57. The molecule has 1 atom stereocenters. The van der Waals surface area contributed by atoms with Crippen molar-refractivity contribution < 1.29 is 22.7 Å². The van der Waals surface area contributed by atoms with Crippen molar-refractivity contribution >= 4 is 25.4 Å². The van der Waals surface area contributed by atoms with Gasteiger partial charge in [-0.1, -0.05) is 0 Å². The first-order valence-corrected chi connectivity index (χ1v) is 7.53. The van der Waals surface area contributed by atoms with Crippen LogP contribution in [-0.2, 0) is 6.18 Å². The molecule has 1 aliphatic heterocycles. The van der Waals surface area contributed by atoms with E-state index in [4.69, 9.17) is 12.6 Å². The van der Waals surface area contributed by atoms with Crippen molar-refractivity contribution in [2.24, 2.45) is 0 Å². The van der Waals surface area contributed by atoms with E-state index in [0.717, 1.165) is 12.3 Å². The lowest BCUT2D eigenvalue weighted by Crippen LogP contribution is -2.27. The van der Waals surface area contributed by atoms with Gasteiger partial charge in [-0.15, -0.1) is 0 Å². The van der Waals surface area contributed by atoms with Crippen LogP contribution in [0.4, 0.5) is 18.9 Å². The van der Waals surface area contributed by atoms with E-state index in [1.807, 2.05) is 4.90 Å². The molecule has 0 N–H and O–H groups in total. The van der Waals surface area contributed by atoms with Crippen LogP contribution in [0, 0.1) is 0 Å². The van der Waals surface area contributed by atoms with E-state index in [0.29, 0.717) is 31.5 Å². The molecule has 3 rings (SSSR count). The Hall–Kier alpha value is -2.58. The first-order chi connectivity index (χ1) is 11.9.